The van der Waals surface area contributed by atoms with E-state index in [-0.39, 0.29) is 13.2 Å². The minimum absolute atomic E-state index is 0.0869. The number of benzene rings is 2. The molecular weight excluding hydrogens is 360 g/mol. The molecule has 0 aromatic heterocycles. The number of ether oxygens (including phenoxy) is 2. The van der Waals surface area contributed by atoms with E-state index in [1.165, 1.54) is 0 Å². The Morgan fingerprint density at radius 3 is 1.39 bits per heavy atom. The third-order valence-corrected chi connectivity index (χ3v) is 4.18. The van der Waals surface area contributed by atoms with E-state index >= 15 is 0 Å². The summed E-state index contributed by atoms with van der Waals surface area (Å²) in [6, 6.07) is 19.4. The summed E-state index contributed by atoms with van der Waals surface area (Å²) in [5.41, 5.74) is 2.22. The van der Waals surface area contributed by atoms with E-state index in [1.807, 2.05) is 60.7 Å². The third kappa shape index (κ3) is 7.50. The van der Waals surface area contributed by atoms with Gasteiger partial charge in [-0.15, -0.1) is 0 Å². The normalized spacial score (nSPS) is 12.8. The van der Waals surface area contributed by atoms with Gasteiger partial charge in [-0.05, 0) is 36.8 Å². The maximum absolute atomic E-state index is 11.8. The molecule has 150 valence electrons. The molecule has 2 rings (SSSR count). The molecule has 0 radical (unpaired) electrons. The van der Waals surface area contributed by atoms with Crippen LogP contribution in [0.5, 0.6) is 0 Å². The zero-order valence-corrected chi connectivity index (χ0v) is 15.7. The van der Waals surface area contributed by atoms with Gasteiger partial charge in [0.25, 0.3) is 0 Å². The van der Waals surface area contributed by atoms with Gasteiger partial charge in [-0.3, -0.25) is 0 Å². The Morgan fingerprint density at radius 1 is 0.679 bits per heavy atom. The molecule has 2 aromatic rings. The lowest BCUT2D eigenvalue weighted by Crippen LogP contribution is -2.41. The molecule has 2 aromatic carbocycles. The largest absolute Gasteiger partial charge is 0.464 e. The summed E-state index contributed by atoms with van der Waals surface area (Å²) in [6.07, 6.45) is -1.34. The van der Waals surface area contributed by atoms with Crippen molar-refractivity contribution in [1.29, 1.82) is 0 Å². The van der Waals surface area contributed by atoms with Gasteiger partial charge in [0.15, 0.2) is 12.2 Å². The number of aliphatic hydroxyl groups excluding tert-OH is 2. The van der Waals surface area contributed by atoms with Crippen molar-refractivity contribution in [3.63, 3.8) is 0 Å². The molecule has 2 N–H and O–H groups in total. The molecule has 0 saturated carbocycles. The van der Waals surface area contributed by atoms with Crippen LogP contribution in [0.4, 0.5) is 0 Å². The van der Waals surface area contributed by atoms with E-state index in [0.29, 0.717) is 12.8 Å². The summed E-state index contributed by atoms with van der Waals surface area (Å²) in [5.74, 6) is -2.08. The van der Waals surface area contributed by atoms with Gasteiger partial charge in [-0.2, -0.15) is 0 Å². The maximum atomic E-state index is 11.8. The Hall–Kier alpha value is -2.70. The van der Waals surface area contributed by atoms with Crippen molar-refractivity contribution in [2.45, 2.75) is 37.9 Å². The minimum atomic E-state index is -1.96. The van der Waals surface area contributed by atoms with E-state index in [2.05, 4.69) is 0 Å². The number of hydrogen-bond acceptors (Lipinski definition) is 6. The zero-order valence-electron chi connectivity index (χ0n) is 15.7. The van der Waals surface area contributed by atoms with Crippen molar-refractivity contribution in [2.24, 2.45) is 0 Å². The number of aliphatic hydroxyl groups is 2. The van der Waals surface area contributed by atoms with Crippen LogP contribution in [0, 0.1) is 0 Å². The summed E-state index contributed by atoms with van der Waals surface area (Å²) >= 11 is 0. The summed E-state index contributed by atoms with van der Waals surface area (Å²) in [7, 11) is 0. The lowest BCUT2D eigenvalue weighted by atomic mass is 10.1. The lowest BCUT2D eigenvalue weighted by Gasteiger charge is -2.16. The number of aryl methyl sites for hydroxylation is 2. The number of esters is 2. The molecule has 0 aliphatic heterocycles. The second kappa shape index (κ2) is 11.9. The highest BCUT2D eigenvalue weighted by Crippen LogP contribution is 2.06. The average Bonchev–Trinajstić information content (AvgIpc) is 2.74. The Kier molecular flexibility index (Phi) is 9.18. The highest BCUT2D eigenvalue weighted by atomic mass is 16.6. The first-order valence-electron chi connectivity index (χ1n) is 9.35. The van der Waals surface area contributed by atoms with Gasteiger partial charge in [-0.1, -0.05) is 60.7 Å². The van der Waals surface area contributed by atoms with Crippen LogP contribution < -0.4 is 0 Å². The van der Waals surface area contributed by atoms with Crippen LogP contribution in [-0.2, 0) is 31.9 Å². The summed E-state index contributed by atoms with van der Waals surface area (Å²) in [4.78, 5) is 23.6. The summed E-state index contributed by atoms with van der Waals surface area (Å²) < 4.78 is 9.85. The van der Waals surface area contributed by atoms with Gasteiger partial charge in [0.1, 0.15) is 0 Å². The van der Waals surface area contributed by atoms with Crippen molar-refractivity contribution >= 4 is 11.9 Å². The van der Waals surface area contributed by atoms with Crippen LogP contribution in [0.1, 0.15) is 24.0 Å². The zero-order chi connectivity index (χ0) is 20.2. The average molecular weight is 386 g/mol. The second-order valence-electron chi connectivity index (χ2n) is 6.40. The van der Waals surface area contributed by atoms with Gasteiger partial charge >= 0.3 is 11.9 Å². The third-order valence-electron chi connectivity index (χ3n) is 4.18. The molecule has 0 aliphatic carbocycles. The molecule has 0 heterocycles. The summed E-state index contributed by atoms with van der Waals surface area (Å²) in [6.45, 7) is 0.174. The standard InChI is InChI=1S/C22H26O6/c23-19(21(25)27-15-7-13-17-9-3-1-4-10-17)20(24)22(26)28-16-8-14-18-11-5-2-6-12-18/h1-6,9-12,19-20,23-24H,7-8,13-16H2/t19-,20-/m1/s1. The van der Waals surface area contributed by atoms with Crippen LogP contribution in [0.15, 0.2) is 60.7 Å². The van der Waals surface area contributed by atoms with Gasteiger partial charge in [-0.25, -0.2) is 9.59 Å². The first-order valence-corrected chi connectivity index (χ1v) is 9.35. The maximum Gasteiger partial charge on any atom is 0.338 e. The fourth-order valence-electron chi connectivity index (χ4n) is 2.62. The molecule has 0 saturated heterocycles. The van der Waals surface area contributed by atoms with Crippen LogP contribution in [0.25, 0.3) is 0 Å². The minimum Gasteiger partial charge on any atom is -0.464 e. The first kappa shape index (κ1) is 21.6. The molecule has 0 aliphatic rings. The second-order valence-corrected chi connectivity index (χ2v) is 6.40. The molecule has 0 spiro atoms. The molecule has 6 heteroatoms. The van der Waals surface area contributed by atoms with E-state index in [4.69, 9.17) is 9.47 Å². The predicted molar refractivity (Wildman–Crippen MR) is 103 cm³/mol. The van der Waals surface area contributed by atoms with E-state index in [0.717, 1.165) is 24.0 Å². The molecule has 28 heavy (non-hydrogen) atoms. The number of hydrogen-bond donors (Lipinski definition) is 2. The van der Waals surface area contributed by atoms with Gasteiger partial charge in [0.05, 0.1) is 13.2 Å². The van der Waals surface area contributed by atoms with Gasteiger partial charge in [0, 0.05) is 0 Å². The van der Waals surface area contributed by atoms with Crippen molar-refractivity contribution in [3.05, 3.63) is 71.8 Å². The molecule has 0 amide bonds. The van der Waals surface area contributed by atoms with E-state index < -0.39 is 24.1 Å². The van der Waals surface area contributed by atoms with E-state index in [9.17, 15) is 19.8 Å². The quantitative estimate of drug-likeness (QED) is 0.454. The monoisotopic (exact) mass is 386 g/mol. The van der Waals surface area contributed by atoms with Crippen LogP contribution >= 0.6 is 0 Å². The van der Waals surface area contributed by atoms with Crippen molar-refractivity contribution in [1.82, 2.24) is 0 Å². The Balaban J connectivity index is 1.62. The van der Waals surface area contributed by atoms with Crippen LogP contribution in [0.3, 0.4) is 0 Å². The first-order chi connectivity index (χ1) is 13.6. The smallest absolute Gasteiger partial charge is 0.338 e. The van der Waals surface area contributed by atoms with Gasteiger partial charge < -0.3 is 19.7 Å². The molecule has 0 bridgehead atoms. The molecule has 0 fully saturated rings. The van der Waals surface area contributed by atoms with Crippen molar-refractivity contribution in [2.75, 3.05) is 13.2 Å². The highest BCUT2D eigenvalue weighted by molar-refractivity contribution is 5.85. The predicted octanol–water partition coefficient (Wildman–Crippen LogP) is 2.06. The fraction of sp³-hybridized carbons (Fsp3) is 0.364. The SMILES string of the molecule is O=C(OCCCc1ccccc1)[C@H](O)[C@@H](O)C(=O)OCCCc1ccccc1. The fourth-order valence-corrected chi connectivity index (χ4v) is 2.62. The Bertz CT molecular complexity index is 653. The Labute approximate surface area is 164 Å². The molecule has 6 nitrogen and oxygen atoms in total. The molecular formula is C22H26O6. The topological polar surface area (TPSA) is 93.1 Å². The molecule has 2 atom stereocenters. The lowest BCUT2D eigenvalue weighted by molar-refractivity contribution is -0.173. The summed E-state index contributed by atoms with van der Waals surface area (Å²) in [5, 5.41) is 19.6. The van der Waals surface area contributed by atoms with Gasteiger partial charge in [0.2, 0.25) is 0 Å². The Morgan fingerprint density at radius 2 is 1.04 bits per heavy atom. The van der Waals surface area contributed by atoms with Crippen molar-refractivity contribution in [3.8, 4) is 0 Å². The number of rotatable bonds is 11. The number of carbonyl (C=O) groups excluding carboxylic acids is 2. The van der Waals surface area contributed by atoms with Crippen molar-refractivity contribution < 1.29 is 29.3 Å². The number of carbonyl (C=O) groups is 2. The molecule has 0 unspecified atom stereocenters. The van der Waals surface area contributed by atoms with E-state index in [1.54, 1.807) is 0 Å². The van der Waals surface area contributed by atoms with Crippen LogP contribution in [0.2, 0.25) is 0 Å². The van der Waals surface area contributed by atoms with Crippen LogP contribution in [-0.4, -0.2) is 47.6 Å². The highest BCUT2D eigenvalue weighted by Gasteiger charge is 2.32.